The SMILES string of the molecule is C=CCn1c(=O)c(C(=O)N[C@H](C)c2ccccc2)c(O)c2cc(OC)c(OC)cc21. The Bertz CT molecular complexity index is 1150. The van der Waals surface area contributed by atoms with E-state index >= 15 is 0 Å². The largest absolute Gasteiger partial charge is 0.506 e. The first kappa shape index (κ1) is 21.0. The van der Waals surface area contributed by atoms with Gasteiger partial charge in [0.2, 0.25) is 0 Å². The van der Waals surface area contributed by atoms with E-state index in [4.69, 9.17) is 9.47 Å². The third-order valence-corrected chi connectivity index (χ3v) is 4.93. The number of hydrogen-bond acceptors (Lipinski definition) is 5. The topological polar surface area (TPSA) is 89.8 Å². The van der Waals surface area contributed by atoms with Crippen LogP contribution >= 0.6 is 0 Å². The molecule has 0 aliphatic heterocycles. The smallest absolute Gasteiger partial charge is 0.268 e. The number of aromatic hydroxyl groups is 1. The average Bonchev–Trinajstić information content (AvgIpc) is 2.76. The lowest BCUT2D eigenvalue weighted by Gasteiger charge is -2.18. The molecule has 1 heterocycles. The summed E-state index contributed by atoms with van der Waals surface area (Å²) >= 11 is 0. The molecule has 7 heteroatoms. The van der Waals surface area contributed by atoms with Crippen LogP contribution in [0.4, 0.5) is 0 Å². The molecule has 0 spiro atoms. The van der Waals surface area contributed by atoms with Crippen LogP contribution in [0.1, 0.15) is 28.9 Å². The molecule has 156 valence electrons. The zero-order valence-corrected chi connectivity index (χ0v) is 17.1. The zero-order chi connectivity index (χ0) is 21.8. The van der Waals surface area contributed by atoms with Crippen LogP contribution in [0.3, 0.4) is 0 Å². The first-order valence-electron chi connectivity index (χ1n) is 9.41. The predicted octanol–water partition coefficient (Wildman–Crippen LogP) is 3.40. The number of allylic oxidation sites excluding steroid dienone is 1. The predicted molar refractivity (Wildman–Crippen MR) is 115 cm³/mol. The monoisotopic (exact) mass is 408 g/mol. The number of nitrogens with one attached hydrogen (secondary N) is 1. The summed E-state index contributed by atoms with van der Waals surface area (Å²) in [5, 5.41) is 13.9. The van der Waals surface area contributed by atoms with E-state index < -0.39 is 17.2 Å². The molecule has 0 fully saturated rings. The number of benzene rings is 2. The first-order chi connectivity index (χ1) is 14.4. The van der Waals surface area contributed by atoms with Crippen LogP contribution in [0.25, 0.3) is 10.9 Å². The van der Waals surface area contributed by atoms with Gasteiger partial charge in [-0.25, -0.2) is 0 Å². The molecule has 3 rings (SSSR count). The van der Waals surface area contributed by atoms with Gasteiger partial charge in [0.25, 0.3) is 11.5 Å². The van der Waals surface area contributed by atoms with Gasteiger partial charge in [0.05, 0.1) is 25.8 Å². The van der Waals surface area contributed by atoms with Crippen molar-refractivity contribution < 1.29 is 19.4 Å². The number of rotatable bonds is 7. The number of methoxy groups -OCH3 is 2. The summed E-state index contributed by atoms with van der Waals surface area (Å²) in [5.74, 6) is -0.304. The Kier molecular flexibility index (Phi) is 6.11. The molecule has 3 aromatic rings. The number of fused-ring (bicyclic) bond motifs is 1. The van der Waals surface area contributed by atoms with Crippen molar-refractivity contribution in [3.63, 3.8) is 0 Å². The van der Waals surface area contributed by atoms with E-state index in [0.717, 1.165) is 5.56 Å². The molecule has 30 heavy (non-hydrogen) atoms. The van der Waals surface area contributed by atoms with Gasteiger partial charge in [-0.15, -0.1) is 6.58 Å². The molecular formula is C23H24N2O5. The van der Waals surface area contributed by atoms with E-state index in [1.165, 1.54) is 18.8 Å². The third kappa shape index (κ3) is 3.74. The van der Waals surface area contributed by atoms with Gasteiger partial charge in [0.15, 0.2) is 11.5 Å². The summed E-state index contributed by atoms with van der Waals surface area (Å²) in [6.07, 6.45) is 1.54. The van der Waals surface area contributed by atoms with E-state index in [1.807, 2.05) is 37.3 Å². The Morgan fingerprint density at radius 3 is 2.43 bits per heavy atom. The standard InChI is InChI=1S/C23H24N2O5/c1-5-11-25-17-13-19(30-4)18(29-3)12-16(17)21(26)20(23(25)28)22(27)24-14(2)15-9-7-6-8-10-15/h5-10,12-14,26H,1,11H2,2-4H3,(H,24,27)/t14-/m1/s1. The number of amides is 1. The van der Waals surface area contributed by atoms with Gasteiger partial charge in [-0.1, -0.05) is 36.4 Å². The van der Waals surface area contributed by atoms with Crippen molar-refractivity contribution >= 4 is 16.8 Å². The minimum absolute atomic E-state index is 0.152. The van der Waals surface area contributed by atoms with E-state index in [0.29, 0.717) is 22.4 Å². The van der Waals surface area contributed by atoms with Crippen LogP contribution in [0.5, 0.6) is 17.2 Å². The maximum absolute atomic E-state index is 13.1. The number of nitrogens with zero attached hydrogens (tertiary/aromatic N) is 1. The molecule has 0 aliphatic rings. The minimum Gasteiger partial charge on any atom is -0.506 e. The van der Waals surface area contributed by atoms with Crippen molar-refractivity contribution in [1.29, 1.82) is 0 Å². The van der Waals surface area contributed by atoms with Crippen LogP contribution in [0.2, 0.25) is 0 Å². The number of aromatic nitrogens is 1. The fourth-order valence-corrected chi connectivity index (χ4v) is 3.37. The highest BCUT2D eigenvalue weighted by molar-refractivity contribution is 6.03. The second kappa shape index (κ2) is 8.73. The lowest BCUT2D eigenvalue weighted by atomic mass is 10.1. The van der Waals surface area contributed by atoms with Crippen molar-refractivity contribution in [1.82, 2.24) is 9.88 Å². The summed E-state index contributed by atoms with van der Waals surface area (Å²) in [6, 6.07) is 12.1. The molecule has 0 aliphatic carbocycles. The second-order valence-electron chi connectivity index (χ2n) is 6.76. The van der Waals surface area contributed by atoms with Gasteiger partial charge in [0.1, 0.15) is 11.3 Å². The quantitative estimate of drug-likeness (QED) is 0.585. The normalized spacial score (nSPS) is 11.7. The number of hydrogen-bond donors (Lipinski definition) is 2. The van der Waals surface area contributed by atoms with E-state index in [9.17, 15) is 14.7 Å². The molecule has 0 radical (unpaired) electrons. The summed E-state index contributed by atoms with van der Waals surface area (Å²) in [4.78, 5) is 26.1. The molecule has 0 saturated carbocycles. The van der Waals surface area contributed by atoms with Crippen LogP contribution in [-0.4, -0.2) is 29.8 Å². The Hall–Kier alpha value is -3.74. The highest BCUT2D eigenvalue weighted by atomic mass is 16.5. The summed E-state index contributed by atoms with van der Waals surface area (Å²) in [5.41, 5.74) is 0.330. The summed E-state index contributed by atoms with van der Waals surface area (Å²) in [6.45, 7) is 5.65. The molecular weight excluding hydrogens is 384 g/mol. The van der Waals surface area contributed by atoms with Crippen molar-refractivity contribution in [2.45, 2.75) is 19.5 Å². The number of pyridine rings is 1. The van der Waals surface area contributed by atoms with Crippen molar-refractivity contribution in [2.75, 3.05) is 14.2 Å². The molecule has 2 aromatic carbocycles. The lowest BCUT2D eigenvalue weighted by molar-refractivity contribution is 0.0935. The van der Waals surface area contributed by atoms with Crippen LogP contribution in [0.15, 0.2) is 59.9 Å². The van der Waals surface area contributed by atoms with Crippen LogP contribution < -0.4 is 20.3 Å². The van der Waals surface area contributed by atoms with E-state index in [1.54, 1.807) is 18.2 Å². The minimum atomic E-state index is -0.664. The fraction of sp³-hybridized carbons (Fsp3) is 0.217. The van der Waals surface area contributed by atoms with Gasteiger partial charge in [-0.2, -0.15) is 0 Å². The summed E-state index contributed by atoms with van der Waals surface area (Å²) < 4.78 is 12.0. The Morgan fingerprint density at radius 2 is 1.83 bits per heavy atom. The molecule has 0 bridgehead atoms. The highest BCUT2D eigenvalue weighted by Crippen LogP contribution is 2.36. The number of ether oxygens (including phenoxy) is 2. The molecule has 1 amide bonds. The van der Waals surface area contributed by atoms with E-state index in [2.05, 4.69) is 11.9 Å². The molecule has 7 nitrogen and oxygen atoms in total. The van der Waals surface area contributed by atoms with Crippen molar-refractivity contribution in [2.24, 2.45) is 0 Å². The molecule has 1 aromatic heterocycles. The molecule has 1 atom stereocenters. The first-order valence-corrected chi connectivity index (χ1v) is 9.41. The maximum atomic E-state index is 13.1. The third-order valence-electron chi connectivity index (χ3n) is 4.93. The van der Waals surface area contributed by atoms with Gasteiger partial charge < -0.3 is 24.5 Å². The zero-order valence-electron chi connectivity index (χ0n) is 17.1. The maximum Gasteiger partial charge on any atom is 0.268 e. The van der Waals surface area contributed by atoms with Gasteiger partial charge in [-0.05, 0) is 18.6 Å². The molecule has 0 unspecified atom stereocenters. The van der Waals surface area contributed by atoms with E-state index in [-0.39, 0.29) is 18.2 Å². The second-order valence-corrected chi connectivity index (χ2v) is 6.76. The van der Waals surface area contributed by atoms with Crippen LogP contribution in [0, 0.1) is 0 Å². The van der Waals surface area contributed by atoms with Crippen molar-refractivity contribution in [3.8, 4) is 17.2 Å². The van der Waals surface area contributed by atoms with Gasteiger partial charge in [-0.3, -0.25) is 9.59 Å². The summed E-state index contributed by atoms with van der Waals surface area (Å²) in [7, 11) is 2.95. The molecule has 0 saturated heterocycles. The lowest BCUT2D eigenvalue weighted by Crippen LogP contribution is -2.34. The Labute approximate surface area is 174 Å². The molecule has 2 N–H and O–H groups in total. The Balaban J connectivity index is 2.17. The number of carbonyl (C=O) groups excluding carboxylic acids is 1. The van der Waals surface area contributed by atoms with Crippen molar-refractivity contribution in [3.05, 3.63) is 76.6 Å². The van der Waals surface area contributed by atoms with Crippen LogP contribution in [-0.2, 0) is 6.54 Å². The van der Waals surface area contributed by atoms with Gasteiger partial charge >= 0.3 is 0 Å². The highest BCUT2D eigenvalue weighted by Gasteiger charge is 2.24. The fourth-order valence-electron chi connectivity index (χ4n) is 3.37. The average molecular weight is 408 g/mol. The van der Waals surface area contributed by atoms with Gasteiger partial charge in [0, 0.05) is 18.0 Å². The Morgan fingerprint density at radius 1 is 1.20 bits per heavy atom. The number of carbonyl (C=O) groups is 1.